The molecule has 3 heterocycles. The van der Waals surface area contributed by atoms with Gasteiger partial charge in [-0.3, -0.25) is 14.4 Å². The molecular formula is C105H146O25. The third kappa shape index (κ3) is 21.5. The van der Waals surface area contributed by atoms with Crippen LogP contribution in [0.4, 0.5) is 0 Å². The maximum atomic E-state index is 12.0. The summed E-state index contributed by atoms with van der Waals surface area (Å²) in [6.07, 6.45) is 35.8. The largest absolute Gasteiger partial charge is 0.458 e. The zero-order chi connectivity index (χ0) is 94.3. The first-order valence-corrected chi connectivity index (χ1v) is 48.9. The Morgan fingerprint density at radius 3 is 1.12 bits per heavy atom. The fourth-order valence-electron chi connectivity index (χ4n) is 27.7. The van der Waals surface area contributed by atoms with E-state index in [1.54, 1.807) is 41.5 Å². The smallest absolute Gasteiger partial charge is 0.344 e. The number of ether oxygens (including phenoxy) is 12. The van der Waals surface area contributed by atoms with Crippen molar-refractivity contribution < 1.29 is 119 Å². The van der Waals surface area contributed by atoms with Crippen LogP contribution in [0, 0.1) is 118 Å². The van der Waals surface area contributed by atoms with Gasteiger partial charge >= 0.3 is 71.6 Å². The molecule has 130 heavy (non-hydrogen) atoms. The summed E-state index contributed by atoms with van der Waals surface area (Å²) < 4.78 is 64.8. The SMILES string of the molecule is C=C(C)C(=O)OC1(C)C2CC3CC(C2)CC1C3.C=C(C)C(=O)OC1(C)CCCCC1.C=C(C)C(=O)OC1(CC)C2CC3CC(C2)CC1C3.C=C(C)C(=O)OC1(CC)CCCCC1.C=C(C)C(=O)OC1C2CC3C(=O)OC1C3C2.C=C(C)C(=O)OC1C2CC3CC1CC(O)(C3)C2.C=C(C)C(=O)OCC(=O)OC1C2CC3C(=O)OC1C3C2.C=CC(=O)OC1C2CC3C(=O)OC1C3C2. The lowest BCUT2D eigenvalue weighted by Gasteiger charge is -2.60. The van der Waals surface area contributed by atoms with Crippen molar-refractivity contribution in [3.05, 3.63) is 97.7 Å². The van der Waals surface area contributed by atoms with Crippen LogP contribution in [0.2, 0.25) is 0 Å². The highest BCUT2D eigenvalue weighted by molar-refractivity contribution is 5.91. The third-order valence-electron chi connectivity index (χ3n) is 33.7. The lowest BCUT2D eigenvalue weighted by Crippen LogP contribution is -2.59. The van der Waals surface area contributed by atoms with Crippen LogP contribution in [-0.4, -0.2) is 154 Å². The van der Waals surface area contributed by atoms with Crippen molar-refractivity contribution in [1.82, 2.24) is 0 Å². The van der Waals surface area contributed by atoms with Crippen LogP contribution in [0.5, 0.6) is 0 Å². The first-order valence-electron chi connectivity index (χ1n) is 48.9. The molecule has 0 aromatic rings. The zero-order valence-corrected chi connectivity index (χ0v) is 79.1. The molecule has 0 spiro atoms. The second-order valence-corrected chi connectivity index (χ2v) is 43.5. The van der Waals surface area contributed by atoms with Crippen molar-refractivity contribution in [1.29, 1.82) is 0 Å². The van der Waals surface area contributed by atoms with Gasteiger partial charge < -0.3 is 61.9 Å². The maximum Gasteiger partial charge on any atom is 0.344 e. The van der Waals surface area contributed by atoms with Crippen LogP contribution in [0.15, 0.2) is 97.7 Å². The molecule has 716 valence electrons. The van der Waals surface area contributed by atoms with Crippen molar-refractivity contribution >= 4 is 71.6 Å². The number of carbonyl (C=O) groups excluding carboxylic acids is 12. The van der Waals surface area contributed by atoms with E-state index >= 15 is 0 Å². The molecule has 25 nitrogen and oxygen atoms in total. The minimum atomic E-state index is -0.623. The van der Waals surface area contributed by atoms with Gasteiger partial charge in [0.2, 0.25) is 0 Å². The Balaban J connectivity index is 0.000000127. The van der Waals surface area contributed by atoms with Gasteiger partial charge in [-0.1, -0.05) is 79.3 Å². The molecule has 0 radical (unpaired) electrons. The van der Waals surface area contributed by atoms with E-state index in [4.69, 9.17) is 56.8 Å². The molecule has 23 aliphatic rings. The number of rotatable bonds is 20. The molecular weight excluding hydrogens is 1660 g/mol. The predicted octanol–water partition coefficient (Wildman–Crippen LogP) is 17.4. The van der Waals surface area contributed by atoms with Gasteiger partial charge in [0.1, 0.15) is 65.1 Å². The fraction of sp³-hybridized carbons (Fsp3) is 0.733. The lowest BCUT2D eigenvalue weighted by molar-refractivity contribution is -0.207. The molecule has 18 bridgehead atoms. The highest BCUT2D eigenvalue weighted by Crippen LogP contribution is 2.64. The molecule has 20 saturated carbocycles. The van der Waals surface area contributed by atoms with Crippen LogP contribution in [0.25, 0.3) is 0 Å². The second kappa shape index (κ2) is 40.4. The summed E-state index contributed by atoms with van der Waals surface area (Å²) in [5, 5.41) is 10.4. The average molecular weight is 1810 g/mol. The Morgan fingerprint density at radius 2 is 0.738 bits per heavy atom. The molecule has 17 atom stereocenters. The molecule has 0 amide bonds. The van der Waals surface area contributed by atoms with E-state index in [0.717, 1.165) is 139 Å². The van der Waals surface area contributed by atoms with E-state index in [-0.39, 0.29) is 160 Å². The molecule has 3 aliphatic heterocycles. The van der Waals surface area contributed by atoms with Gasteiger partial charge in [-0.25, -0.2) is 43.2 Å². The molecule has 1 N–H and O–H groups in total. The van der Waals surface area contributed by atoms with E-state index in [9.17, 15) is 62.6 Å². The van der Waals surface area contributed by atoms with Crippen LogP contribution < -0.4 is 0 Å². The quantitative estimate of drug-likeness (QED) is 0.0672. The van der Waals surface area contributed by atoms with Crippen LogP contribution in [0.1, 0.15) is 288 Å². The minimum Gasteiger partial charge on any atom is -0.458 e. The topological polar surface area (TPSA) is 336 Å². The van der Waals surface area contributed by atoms with Gasteiger partial charge in [-0.15, -0.1) is 0 Å². The number of aliphatic hydroxyl groups is 1. The molecule has 3 saturated heterocycles. The summed E-state index contributed by atoms with van der Waals surface area (Å²) in [5.74, 6) is 5.58. The lowest BCUT2D eigenvalue weighted by atomic mass is 9.49. The van der Waals surface area contributed by atoms with Crippen LogP contribution >= 0.6 is 0 Å². The van der Waals surface area contributed by atoms with Gasteiger partial charge in [0, 0.05) is 80.6 Å². The Kier molecular flexibility index (Phi) is 30.7. The molecule has 23 fully saturated rings. The minimum absolute atomic E-state index is 0.0128. The van der Waals surface area contributed by atoms with Gasteiger partial charge in [-0.05, 0) is 326 Å². The summed E-state index contributed by atoms with van der Waals surface area (Å²) in [6.45, 7) is 48.3. The summed E-state index contributed by atoms with van der Waals surface area (Å²) in [7, 11) is 0. The van der Waals surface area contributed by atoms with Crippen LogP contribution in [0.3, 0.4) is 0 Å². The van der Waals surface area contributed by atoms with Crippen molar-refractivity contribution in [2.75, 3.05) is 6.61 Å². The van der Waals surface area contributed by atoms with Crippen molar-refractivity contribution in [2.45, 2.75) is 359 Å². The Labute approximate surface area is 768 Å². The molecule has 20 aliphatic carbocycles. The number of esters is 12. The molecule has 0 aromatic carbocycles. The van der Waals surface area contributed by atoms with Gasteiger partial charge in [0.15, 0.2) is 6.61 Å². The molecule has 17 unspecified atom stereocenters. The van der Waals surface area contributed by atoms with E-state index in [1.807, 2.05) is 6.92 Å². The molecule has 0 aromatic heterocycles. The Morgan fingerprint density at radius 1 is 0.377 bits per heavy atom. The summed E-state index contributed by atoms with van der Waals surface area (Å²) in [5.41, 5.74) is 1.91. The zero-order valence-electron chi connectivity index (χ0n) is 79.1. The fourth-order valence-corrected chi connectivity index (χ4v) is 27.7. The van der Waals surface area contributed by atoms with Gasteiger partial charge in [-0.2, -0.15) is 0 Å². The van der Waals surface area contributed by atoms with E-state index in [1.165, 1.54) is 110 Å². The molecule has 23 rings (SSSR count). The average Bonchev–Trinajstić information content (AvgIpc) is 1.64. The van der Waals surface area contributed by atoms with Crippen molar-refractivity contribution in [2.24, 2.45) is 118 Å². The van der Waals surface area contributed by atoms with E-state index in [0.29, 0.717) is 86.7 Å². The normalized spacial score (nSPS) is 39.0. The maximum absolute atomic E-state index is 12.0. The highest BCUT2D eigenvalue weighted by Gasteiger charge is 2.67. The number of carbonyl (C=O) groups is 12. The van der Waals surface area contributed by atoms with Crippen molar-refractivity contribution in [3.63, 3.8) is 0 Å². The summed E-state index contributed by atoms with van der Waals surface area (Å²) in [6, 6.07) is 0. The van der Waals surface area contributed by atoms with Gasteiger partial charge in [0.05, 0.1) is 23.4 Å². The number of hydrogen-bond acceptors (Lipinski definition) is 25. The first kappa shape index (κ1) is 99.0. The van der Waals surface area contributed by atoms with E-state index < -0.39 is 36.2 Å². The Bertz CT molecular complexity index is 4350. The van der Waals surface area contributed by atoms with E-state index in [2.05, 4.69) is 73.4 Å². The number of hydrogen-bond donors (Lipinski definition) is 1. The molecule has 25 heteroatoms. The first-order chi connectivity index (χ1) is 61.4. The van der Waals surface area contributed by atoms with Crippen LogP contribution in [-0.2, 0) is 114 Å². The monoisotopic (exact) mass is 1810 g/mol. The van der Waals surface area contributed by atoms with Gasteiger partial charge in [0.25, 0.3) is 0 Å². The highest BCUT2D eigenvalue weighted by atomic mass is 16.6. The predicted molar refractivity (Wildman–Crippen MR) is 479 cm³/mol. The van der Waals surface area contributed by atoms with Crippen molar-refractivity contribution in [3.8, 4) is 0 Å². The summed E-state index contributed by atoms with van der Waals surface area (Å²) >= 11 is 0. The number of fused-ring (bicyclic) bond motifs is 3. The Hall–Kier alpha value is -8.48. The third-order valence-corrected chi connectivity index (χ3v) is 33.7. The second-order valence-electron chi connectivity index (χ2n) is 43.5. The standard InChI is InChI=1S/C16H24O2.C15H22O2.C14H16O6.C14H20O3.C12H14O4.C12H20O2.C11H12O4.C11H18O2/c1-4-16(18-15(17)10(2)3)13-6-11-5-12(8-13)9-14(16)7-11;1-9(2)14(16)17-15(3)12-5-10-4-11(7-12)8-13(15)6-10;1-6(2)13(16)18-5-10(15)19-11-7-3-8-9(4-7)14(17)20-12(8)11;1-8(2)13(15)17-12-10-3-9-4-11(12)7-14(16,5-9)6-10;1-5(2)11(13)15-9-6-3-7-8(4-6)12(14)16-10(7)9;1-4-12(8-6-5-7-9-12)14-11(13)10(2)3;1-2-8(12)14-9-5-3-6-7(4-5)11(13)15-10(6)9;1-9(2)10(12)13-11(3)7-5-4-6-8-11/h11-14H,2,4-9H2,1,3H3;10-13H,1,4-8H2,2-3H3;7-9,11-12H,1,3-5H2,2H3;9-12,16H,1,3-7H2,2H3;6-10H,1,3-4H2,2H3;2,4-9H2,1,3H3;2,5-7,9-10H,1,3-4H2;1,4-8H2,2-3H3. The summed E-state index contributed by atoms with van der Waals surface area (Å²) in [4.78, 5) is 138.